The molecule has 0 aromatic heterocycles. The summed E-state index contributed by atoms with van der Waals surface area (Å²) >= 11 is 0. The van der Waals surface area contributed by atoms with Crippen LogP contribution in [0.4, 0.5) is 0 Å². The number of rotatable bonds is 2. The van der Waals surface area contributed by atoms with Gasteiger partial charge in [0.25, 0.3) is 0 Å². The Morgan fingerprint density at radius 2 is 2.00 bits per heavy atom. The molecule has 1 rings (SSSR count). The molecule has 1 saturated carbocycles. The van der Waals surface area contributed by atoms with Gasteiger partial charge in [0.1, 0.15) is 5.60 Å². The second kappa shape index (κ2) is 4.05. The second-order valence-electron chi connectivity index (χ2n) is 5.39. The molecule has 5 heteroatoms. The third-order valence-corrected chi connectivity index (χ3v) is 2.75. The van der Waals surface area contributed by atoms with Crippen LogP contribution in [0.3, 0.4) is 0 Å². The highest BCUT2D eigenvalue weighted by molar-refractivity contribution is 5.99. The summed E-state index contributed by atoms with van der Waals surface area (Å²) in [5.41, 5.74) is 3.57. The lowest BCUT2D eigenvalue weighted by Gasteiger charge is -2.27. The van der Waals surface area contributed by atoms with Crippen molar-refractivity contribution in [3.8, 4) is 0 Å². The summed E-state index contributed by atoms with van der Waals surface area (Å²) in [6.07, 6.45) is 0.973. The van der Waals surface area contributed by atoms with Crippen LogP contribution < -0.4 is 5.73 Å². The molecule has 0 spiro atoms. The zero-order valence-corrected chi connectivity index (χ0v) is 9.95. The molecule has 0 saturated heterocycles. The second-order valence-corrected chi connectivity index (χ2v) is 5.39. The van der Waals surface area contributed by atoms with Crippen LogP contribution in [0.5, 0.6) is 0 Å². The molecule has 1 aliphatic rings. The number of hydrogen-bond donors (Lipinski definition) is 2. The standard InChI is InChI=1S/C11H19NO4/c1-10(2,3)16-9(15)11(8(13)14)5-4-7(12)6-11/h7H,4-6,12H2,1-3H3,(H,13,14). The van der Waals surface area contributed by atoms with E-state index in [0.717, 1.165) is 0 Å². The number of aliphatic carboxylic acids is 1. The van der Waals surface area contributed by atoms with Gasteiger partial charge in [-0.05, 0) is 40.0 Å². The van der Waals surface area contributed by atoms with E-state index in [-0.39, 0.29) is 18.9 Å². The minimum absolute atomic E-state index is 0.164. The normalized spacial score (nSPS) is 30.1. The summed E-state index contributed by atoms with van der Waals surface area (Å²) in [5.74, 6) is -1.80. The fraction of sp³-hybridized carbons (Fsp3) is 0.818. The van der Waals surface area contributed by atoms with Crippen molar-refractivity contribution in [2.75, 3.05) is 0 Å². The van der Waals surface area contributed by atoms with Gasteiger partial charge in [0.2, 0.25) is 0 Å². The number of nitrogens with two attached hydrogens (primary N) is 1. The Bertz CT molecular complexity index is 308. The fourth-order valence-electron chi connectivity index (χ4n) is 1.93. The van der Waals surface area contributed by atoms with Gasteiger partial charge in [-0.3, -0.25) is 9.59 Å². The smallest absolute Gasteiger partial charge is 0.324 e. The Morgan fingerprint density at radius 3 is 2.31 bits per heavy atom. The van der Waals surface area contributed by atoms with Crippen LogP contribution in [0.2, 0.25) is 0 Å². The van der Waals surface area contributed by atoms with Crippen LogP contribution in [0.25, 0.3) is 0 Å². The Kier molecular flexibility index (Phi) is 3.28. The van der Waals surface area contributed by atoms with Crippen LogP contribution in [0, 0.1) is 5.41 Å². The van der Waals surface area contributed by atoms with E-state index in [2.05, 4.69) is 0 Å². The van der Waals surface area contributed by atoms with Crippen molar-refractivity contribution in [1.29, 1.82) is 0 Å². The molecular formula is C11H19NO4. The lowest BCUT2D eigenvalue weighted by atomic mass is 9.86. The van der Waals surface area contributed by atoms with Gasteiger partial charge in [-0.25, -0.2) is 0 Å². The van der Waals surface area contributed by atoms with Gasteiger partial charge in [0, 0.05) is 6.04 Å². The number of hydrogen-bond acceptors (Lipinski definition) is 4. The van der Waals surface area contributed by atoms with Crippen LogP contribution in [0.15, 0.2) is 0 Å². The minimum atomic E-state index is -1.44. The largest absolute Gasteiger partial charge is 0.480 e. The quantitative estimate of drug-likeness (QED) is 0.542. The summed E-state index contributed by atoms with van der Waals surface area (Å²) < 4.78 is 5.16. The van der Waals surface area contributed by atoms with Crippen molar-refractivity contribution in [2.24, 2.45) is 11.1 Å². The molecule has 0 bridgehead atoms. The highest BCUT2D eigenvalue weighted by Crippen LogP contribution is 2.39. The van der Waals surface area contributed by atoms with Gasteiger partial charge < -0.3 is 15.6 Å². The Hall–Kier alpha value is -1.10. The van der Waals surface area contributed by atoms with Crippen molar-refractivity contribution in [3.05, 3.63) is 0 Å². The van der Waals surface area contributed by atoms with E-state index in [1.165, 1.54) is 0 Å². The fourth-order valence-corrected chi connectivity index (χ4v) is 1.93. The maximum absolute atomic E-state index is 11.9. The molecule has 16 heavy (non-hydrogen) atoms. The first kappa shape index (κ1) is 13.0. The summed E-state index contributed by atoms with van der Waals surface area (Å²) in [6.45, 7) is 5.15. The van der Waals surface area contributed by atoms with E-state index in [1.54, 1.807) is 20.8 Å². The molecule has 0 aromatic carbocycles. The molecule has 0 amide bonds. The van der Waals surface area contributed by atoms with Gasteiger partial charge >= 0.3 is 11.9 Å². The van der Waals surface area contributed by atoms with E-state index in [4.69, 9.17) is 10.5 Å². The summed E-state index contributed by atoms with van der Waals surface area (Å²) in [7, 11) is 0. The molecule has 1 aliphatic carbocycles. The van der Waals surface area contributed by atoms with Crippen LogP contribution in [-0.4, -0.2) is 28.7 Å². The van der Waals surface area contributed by atoms with Crippen molar-refractivity contribution < 1.29 is 19.4 Å². The van der Waals surface area contributed by atoms with Crippen molar-refractivity contribution >= 4 is 11.9 Å². The Morgan fingerprint density at radius 1 is 1.44 bits per heavy atom. The number of carbonyl (C=O) groups excluding carboxylic acids is 1. The zero-order chi connectivity index (χ0) is 12.6. The molecule has 0 heterocycles. The third-order valence-electron chi connectivity index (χ3n) is 2.75. The molecule has 3 N–H and O–H groups in total. The third kappa shape index (κ3) is 2.52. The highest BCUT2D eigenvalue weighted by Gasteiger charge is 2.53. The minimum Gasteiger partial charge on any atom is -0.480 e. The van der Waals surface area contributed by atoms with Gasteiger partial charge in [0.05, 0.1) is 0 Å². The Balaban J connectivity index is 2.88. The summed E-state index contributed by atoms with van der Waals surface area (Å²) in [5, 5.41) is 9.19. The summed E-state index contributed by atoms with van der Waals surface area (Å²) in [6, 6.07) is -0.233. The number of carboxylic acids is 1. The van der Waals surface area contributed by atoms with Crippen molar-refractivity contribution in [2.45, 2.75) is 51.7 Å². The molecule has 5 nitrogen and oxygen atoms in total. The molecule has 1 fully saturated rings. The molecule has 0 aliphatic heterocycles. The molecular weight excluding hydrogens is 210 g/mol. The van der Waals surface area contributed by atoms with E-state index >= 15 is 0 Å². The molecule has 2 atom stereocenters. The first-order valence-corrected chi connectivity index (χ1v) is 5.40. The monoisotopic (exact) mass is 229 g/mol. The van der Waals surface area contributed by atoms with Crippen LogP contribution in [0.1, 0.15) is 40.0 Å². The van der Waals surface area contributed by atoms with Crippen molar-refractivity contribution in [3.63, 3.8) is 0 Å². The first-order chi connectivity index (χ1) is 7.17. The predicted octanol–water partition coefficient (Wildman–Crippen LogP) is 0.910. The average Bonchev–Trinajstić information content (AvgIpc) is 2.45. The zero-order valence-electron chi connectivity index (χ0n) is 9.95. The maximum atomic E-state index is 11.9. The van der Waals surface area contributed by atoms with Gasteiger partial charge in [0.15, 0.2) is 5.41 Å². The van der Waals surface area contributed by atoms with E-state index in [9.17, 15) is 14.7 Å². The number of carboxylic acid groups (broad SMARTS) is 1. The predicted molar refractivity (Wildman–Crippen MR) is 57.7 cm³/mol. The first-order valence-electron chi connectivity index (χ1n) is 5.40. The van der Waals surface area contributed by atoms with Gasteiger partial charge in [-0.2, -0.15) is 0 Å². The van der Waals surface area contributed by atoms with Crippen LogP contribution in [-0.2, 0) is 14.3 Å². The molecule has 2 unspecified atom stereocenters. The van der Waals surface area contributed by atoms with E-state index in [1.807, 2.05) is 0 Å². The topological polar surface area (TPSA) is 89.6 Å². The van der Waals surface area contributed by atoms with Gasteiger partial charge in [-0.1, -0.05) is 0 Å². The lowest BCUT2D eigenvalue weighted by molar-refractivity contribution is -0.176. The van der Waals surface area contributed by atoms with Crippen molar-refractivity contribution in [1.82, 2.24) is 0 Å². The number of esters is 1. The van der Waals surface area contributed by atoms with Crippen LogP contribution >= 0.6 is 0 Å². The number of ether oxygens (including phenoxy) is 1. The molecule has 0 radical (unpaired) electrons. The van der Waals surface area contributed by atoms with Gasteiger partial charge in [-0.15, -0.1) is 0 Å². The maximum Gasteiger partial charge on any atom is 0.324 e. The van der Waals surface area contributed by atoms with E-state index in [0.29, 0.717) is 6.42 Å². The molecule has 92 valence electrons. The number of carbonyl (C=O) groups is 2. The Labute approximate surface area is 95.0 Å². The lowest BCUT2D eigenvalue weighted by Crippen LogP contribution is -2.42. The average molecular weight is 229 g/mol. The highest BCUT2D eigenvalue weighted by atomic mass is 16.6. The molecule has 0 aromatic rings. The summed E-state index contributed by atoms with van der Waals surface area (Å²) in [4.78, 5) is 23.2. The van der Waals surface area contributed by atoms with E-state index < -0.39 is 23.0 Å². The SMILES string of the molecule is CC(C)(C)OC(=O)C1(C(=O)O)CCC(N)C1.